The van der Waals surface area contributed by atoms with Crippen LogP contribution in [0.5, 0.6) is 0 Å². The first-order valence-electron chi connectivity index (χ1n) is 8.75. The first-order chi connectivity index (χ1) is 13.5. The van der Waals surface area contributed by atoms with Gasteiger partial charge in [-0.05, 0) is 30.5 Å². The van der Waals surface area contributed by atoms with E-state index in [2.05, 4.69) is 4.98 Å². The average Bonchev–Trinajstić information content (AvgIpc) is 3.19. The standard InChI is InChI=1S/C21H17N3O3S/c1-14-6-8-15(9-7-14)18(25)13-23-10-2-5-17-19(23)22-21(27)24(20(17)26)12-16-4-3-11-28-16/h2-11H,12-13H2,1H3. The molecule has 1 aromatic heterocycles. The van der Waals surface area contributed by atoms with E-state index in [1.165, 1.54) is 11.3 Å². The quantitative estimate of drug-likeness (QED) is 0.491. The van der Waals surface area contributed by atoms with E-state index in [0.717, 1.165) is 15.0 Å². The lowest BCUT2D eigenvalue weighted by molar-refractivity contribution is 0.0972. The molecule has 7 heteroatoms. The van der Waals surface area contributed by atoms with Crippen LogP contribution in [0.2, 0.25) is 0 Å². The third-order valence-electron chi connectivity index (χ3n) is 4.53. The van der Waals surface area contributed by atoms with Gasteiger partial charge in [-0.2, -0.15) is 4.98 Å². The zero-order chi connectivity index (χ0) is 19.7. The molecule has 2 aliphatic rings. The second-order valence-electron chi connectivity index (χ2n) is 6.53. The molecule has 0 N–H and O–H groups in total. The molecule has 3 heterocycles. The molecule has 0 amide bonds. The summed E-state index contributed by atoms with van der Waals surface area (Å²) < 4.78 is 2.68. The van der Waals surface area contributed by atoms with Crippen LogP contribution in [-0.4, -0.2) is 19.9 Å². The highest BCUT2D eigenvalue weighted by Crippen LogP contribution is 2.15. The predicted molar refractivity (Wildman–Crippen MR) is 108 cm³/mol. The first kappa shape index (κ1) is 18.1. The number of carbonyl (C=O) groups excluding carboxylic acids is 1. The van der Waals surface area contributed by atoms with Crippen molar-refractivity contribution in [1.82, 2.24) is 14.1 Å². The number of nitrogens with zero attached hydrogens (tertiary/aromatic N) is 3. The Bertz CT molecular complexity index is 1220. The Hall–Kier alpha value is -3.32. The summed E-state index contributed by atoms with van der Waals surface area (Å²) in [5, 5.41) is 1.89. The van der Waals surface area contributed by atoms with Crippen LogP contribution in [0.3, 0.4) is 0 Å². The van der Waals surface area contributed by atoms with Gasteiger partial charge in [0.15, 0.2) is 11.6 Å². The molecule has 6 nitrogen and oxygen atoms in total. The maximum atomic E-state index is 12.9. The van der Waals surface area contributed by atoms with E-state index < -0.39 is 11.2 Å². The second-order valence-corrected chi connectivity index (χ2v) is 7.56. The van der Waals surface area contributed by atoms with Gasteiger partial charge in [-0.1, -0.05) is 35.9 Å². The SMILES string of the molecule is Cc1ccc(C(=O)Cn2cccc3c(=O)n(Cc4cccs4)c(=O)nc2-3)cc1. The molecule has 28 heavy (non-hydrogen) atoms. The van der Waals surface area contributed by atoms with Crippen LogP contribution in [0, 0.1) is 6.92 Å². The van der Waals surface area contributed by atoms with E-state index >= 15 is 0 Å². The summed E-state index contributed by atoms with van der Waals surface area (Å²) in [4.78, 5) is 42.9. The molecule has 0 saturated heterocycles. The molecule has 0 atom stereocenters. The lowest BCUT2D eigenvalue weighted by Gasteiger charge is -2.14. The van der Waals surface area contributed by atoms with E-state index in [1.807, 2.05) is 36.6 Å². The van der Waals surface area contributed by atoms with Crippen LogP contribution in [0.4, 0.5) is 0 Å². The molecular formula is C21H17N3O3S. The minimum Gasteiger partial charge on any atom is -0.324 e. The van der Waals surface area contributed by atoms with Gasteiger partial charge in [-0.3, -0.25) is 14.2 Å². The van der Waals surface area contributed by atoms with Gasteiger partial charge in [-0.15, -0.1) is 11.3 Å². The van der Waals surface area contributed by atoms with E-state index in [-0.39, 0.29) is 24.7 Å². The van der Waals surface area contributed by atoms with Crippen LogP contribution in [0.15, 0.2) is 69.7 Å². The van der Waals surface area contributed by atoms with E-state index in [0.29, 0.717) is 11.1 Å². The van der Waals surface area contributed by atoms with E-state index in [4.69, 9.17) is 0 Å². The minimum absolute atomic E-state index is 0.00121. The number of hydrogen-bond donors (Lipinski definition) is 0. The zero-order valence-electron chi connectivity index (χ0n) is 15.2. The minimum atomic E-state index is -0.617. The van der Waals surface area contributed by atoms with Crippen LogP contribution < -0.4 is 11.2 Å². The molecule has 0 unspecified atom stereocenters. The molecule has 2 aliphatic heterocycles. The number of ketones is 1. The maximum absolute atomic E-state index is 12.9. The predicted octanol–water partition coefficient (Wildman–Crippen LogP) is 2.81. The van der Waals surface area contributed by atoms with Gasteiger partial charge in [0, 0.05) is 16.6 Å². The van der Waals surface area contributed by atoms with E-state index in [1.54, 1.807) is 35.0 Å². The molecule has 4 rings (SSSR count). The van der Waals surface area contributed by atoms with Crippen molar-refractivity contribution in [2.24, 2.45) is 0 Å². The summed E-state index contributed by atoms with van der Waals surface area (Å²) in [5.41, 5.74) is 0.936. The molecular weight excluding hydrogens is 374 g/mol. The molecule has 140 valence electrons. The third kappa shape index (κ3) is 3.44. The van der Waals surface area contributed by atoms with Crippen molar-refractivity contribution in [3.63, 3.8) is 0 Å². The van der Waals surface area contributed by atoms with E-state index in [9.17, 15) is 14.4 Å². The largest absolute Gasteiger partial charge is 0.352 e. The average molecular weight is 391 g/mol. The smallest absolute Gasteiger partial charge is 0.324 e. The zero-order valence-corrected chi connectivity index (χ0v) is 16.0. The van der Waals surface area contributed by atoms with Gasteiger partial charge in [0.1, 0.15) is 0 Å². The summed E-state index contributed by atoms with van der Waals surface area (Å²) >= 11 is 1.47. The van der Waals surface area contributed by atoms with Crippen molar-refractivity contribution < 1.29 is 4.79 Å². The molecule has 1 aromatic carbocycles. The van der Waals surface area contributed by atoms with Crippen LogP contribution in [0.1, 0.15) is 20.8 Å². The monoisotopic (exact) mass is 391 g/mol. The highest BCUT2D eigenvalue weighted by Gasteiger charge is 2.19. The van der Waals surface area contributed by atoms with Crippen molar-refractivity contribution in [3.8, 4) is 11.4 Å². The fraction of sp³-hybridized carbons (Fsp3) is 0.143. The highest BCUT2D eigenvalue weighted by atomic mass is 32.1. The number of fused-ring (bicyclic) bond motifs is 1. The van der Waals surface area contributed by atoms with Crippen LogP contribution in [-0.2, 0) is 13.1 Å². The van der Waals surface area contributed by atoms with Gasteiger partial charge in [0.2, 0.25) is 0 Å². The Kier molecular flexibility index (Phi) is 4.75. The number of rotatable bonds is 5. The van der Waals surface area contributed by atoms with Crippen molar-refractivity contribution in [2.75, 3.05) is 0 Å². The maximum Gasteiger partial charge on any atom is 0.352 e. The molecule has 0 aliphatic carbocycles. The number of benzene rings is 1. The number of aryl methyl sites for hydroxylation is 1. The van der Waals surface area contributed by atoms with Gasteiger partial charge in [0.25, 0.3) is 5.56 Å². The first-order valence-corrected chi connectivity index (χ1v) is 9.63. The summed E-state index contributed by atoms with van der Waals surface area (Å²) in [7, 11) is 0. The molecule has 0 radical (unpaired) electrons. The normalized spacial score (nSPS) is 11.0. The molecule has 2 aromatic rings. The Morgan fingerprint density at radius 2 is 1.86 bits per heavy atom. The summed E-state index contributed by atoms with van der Waals surface area (Å²) in [6.45, 7) is 2.14. The number of hydrogen-bond acceptors (Lipinski definition) is 5. The Morgan fingerprint density at radius 1 is 1.07 bits per heavy atom. The topological polar surface area (TPSA) is 74.0 Å². The summed E-state index contributed by atoms with van der Waals surface area (Å²) in [6.07, 6.45) is 1.66. The Balaban J connectivity index is 1.72. The molecule has 0 saturated carbocycles. The summed E-state index contributed by atoms with van der Waals surface area (Å²) in [5.74, 6) is 0.106. The molecule has 0 fully saturated rings. The number of thiophene rings is 1. The number of Topliss-reactive ketones (excluding diaryl/α,β-unsaturated/α-hetero) is 1. The lowest BCUT2D eigenvalue weighted by Crippen LogP contribution is -2.38. The van der Waals surface area contributed by atoms with Crippen LogP contribution >= 0.6 is 11.3 Å². The molecule has 0 spiro atoms. The third-order valence-corrected chi connectivity index (χ3v) is 5.39. The molecule has 0 bridgehead atoms. The number of carbonyl (C=O) groups is 1. The summed E-state index contributed by atoms with van der Waals surface area (Å²) in [6, 6.07) is 14.3. The number of pyridine rings is 1. The van der Waals surface area contributed by atoms with Gasteiger partial charge in [0.05, 0.1) is 18.7 Å². The number of aromatic nitrogens is 3. The Morgan fingerprint density at radius 3 is 2.57 bits per heavy atom. The van der Waals surface area contributed by atoms with Crippen molar-refractivity contribution >= 4 is 17.1 Å². The fourth-order valence-electron chi connectivity index (χ4n) is 3.03. The van der Waals surface area contributed by atoms with Gasteiger partial charge < -0.3 is 4.57 Å². The van der Waals surface area contributed by atoms with Crippen LogP contribution in [0.25, 0.3) is 11.4 Å². The highest BCUT2D eigenvalue weighted by molar-refractivity contribution is 7.09. The van der Waals surface area contributed by atoms with Crippen molar-refractivity contribution in [1.29, 1.82) is 0 Å². The lowest BCUT2D eigenvalue weighted by atomic mass is 10.1. The van der Waals surface area contributed by atoms with Crippen molar-refractivity contribution in [3.05, 3.63) is 96.9 Å². The Labute approximate surface area is 164 Å². The van der Waals surface area contributed by atoms with Crippen molar-refractivity contribution in [2.45, 2.75) is 20.0 Å². The van der Waals surface area contributed by atoms with Gasteiger partial charge in [-0.25, -0.2) is 4.79 Å². The van der Waals surface area contributed by atoms with Gasteiger partial charge >= 0.3 is 5.69 Å². The fourth-order valence-corrected chi connectivity index (χ4v) is 3.72. The second kappa shape index (κ2) is 7.36.